The molecule has 6 heteroatoms. The Labute approximate surface area is 164 Å². The average molecular weight is 388 g/mol. The Kier molecular flexibility index (Phi) is 6.89. The second-order valence-corrected chi connectivity index (χ2v) is 7.83. The Morgan fingerprint density at radius 1 is 1.04 bits per heavy atom. The molecule has 0 bridgehead atoms. The van der Waals surface area contributed by atoms with Crippen LogP contribution in [0.4, 0.5) is 8.78 Å². The molecule has 0 radical (unpaired) electrons. The van der Waals surface area contributed by atoms with Crippen molar-refractivity contribution in [2.45, 2.75) is 52.2 Å². The second-order valence-electron chi connectivity index (χ2n) is 7.83. The minimum atomic E-state index is -0.799. The van der Waals surface area contributed by atoms with Crippen LogP contribution in [0.3, 0.4) is 0 Å². The molecule has 4 nitrogen and oxygen atoms in total. The number of amides is 2. The number of hydrogen-bond acceptors (Lipinski definition) is 2. The molecule has 2 amide bonds. The monoisotopic (exact) mass is 388 g/mol. The Morgan fingerprint density at radius 3 is 2.21 bits per heavy atom. The molecule has 0 fully saturated rings. The molecule has 0 aliphatic carbocycles. The van der Waals surface area contributed by atoms with E-state index < -0.39 is 23.2 Å². The number of nitrogens with zero attached hydrogens (tertiary/aromatic N) is 1. The van der Waals surface area contributed by atoms with Gasteiger partial charge < -0.3 is 10.2 Å². The fourth-order valence-corrected chi connectivity index (χ4v) is 2.75. The zero-order valence-electron chi connectivity index (χ0n) is 16.6. The van der Waals surface area contributed by atoms with Gasteiger partial charge in [0.15, 0.2) is 0 Å². The van der Waals surface area contributed by atoms with Crippen LogP contribution in [0.2, 0.25) is 0 Å². The third kappa shape index (κ3) is 6.15. The van der Waals surface area contributed by atoms with E-state index >= 15 is 0 Å². The van der Waals surface area contributed by atoms with Crippen molar-refractivity contribution in [1.29, 1.82) is 0 Å². The van der Waals surface area contributed by atoms with Crippen LogP contribution in [0.1, 0.15) is 38.8 Å². The molecule has 0 aliphatic heterocycles. The summed E-state index contributed by atoms with van der Waals surface area (Å²) in [6, 6.07) is 11.0. The predicted octanol–water partition coefficient (Wildman–Crippen LogP) is 3.84. The molecule has 0 aliphatic rings. The molecule has 150 valence electrons. The van der Waals surface area contributed by atoms with Gasteiger partial charge in [0.1, 0.15) is 17.7 Å². The van der Waals surface area contributed by atoms with E-state index in [9.17, 15) is 18.4 Å². The minimum Gasteiger partial charge on any atom is -0.350 e. The third-order valence-corrected chi connectivity index (χ3v) is 4.23. The van der Waals surface area contributed by atoms with E-state index in [-0.39, 0.29) is 24.8 Å². The summed E-state index contributed by atoms with van der Waals surface area (Å²) in [5.74, 6) is -1.49. The van der Waals surface area contributed by atoms with Gasteiger partial charge in [-0.2, -0.15) is 0 Å². The molecule has 0 unspecified atom stereocenters. The first-order valence-corrected chi connectivity index (χ1v) is 9.16. The average Bonchev–Trinajstić information content (AvgIpc) is 2.61. The largest absolute Gasteiger partial charge is 0.350 e. The highest BCUT2D eigenvalue weighted by atomic mass is 19.1. The summed E-state index contributed by atoms with van der Waals surface area (Å²) in [7, 11) is 0. The summed E-state index contributed by atoms with van der Waals surface area (Å²) >= 11 is 0. The lowest BCUT2D eigenvalue weighted by atomic mass is 10.1. The van der Waals surface area contributed by atoms with Crippen molar-refractivity contribution in [2.75, 3.05) is 0 Å². The normalized spacial score (nSPS) is 12.4. The third-order valence-electron chi connectivity index (χ3n) is 4.23. The molecular formula is C22H26F2N2O2. The first-order valence-electron chi connectivity index (χ1n) is 9.16. The SMILES string of the molecule is C[C@@H](C(=O)NC(C)(C)C)N(Cc1ccccc1F)C(=O)Cc1ccc(F)cc1. The fourth-order valence-electron chi connectivity index (χ4n) is 2.75. The van der Waals surface area contributed by atoms with Crippen molar-refractivity contribution >= 4 is 11.8 Å². The quantitative estimate of drug-likeness (QED) is 0.817. The molecule has 0 saturated heterocycles. The van der Waals surface area contributed by atoms with E-state index in [1.165, 1.54) is 35.2 Å². The van der Waals surface area contributed by atoms with E-state index in [2.05, 4.69) is 5.32 Å². The lowest BCUT2D eigenvalue weighted by Crippen LogP contribution is -2.52. The van der Waals surface area contributed by atoms with Crippen LogP contribution < -0.4 is 5.32 Å². The maximum Gasteiger partial charge on any atom is 0.242 e. The molecule has 1 atom stereocenters. The smallest absolute Gasteiger partial charge is 0.242 e. The van der Waals surface area contributed by atoms with Crippen molar-refractivity contribution in [2.24, 2.45) is 0 Å². The number of carbonyl (C=O) groups excluding carboxylic acids is 2. The van der Waals surface area contributed by atoms with Crippen molar-refractivity contribution in [3.8, 4) is 0 Å². The topological polar surface area (TPSA) is 49.4 Å². The summed E-state index contributed by atoms with van der Waals surface area (Å²) in [5.41, 5.74) is 0.480. The molecule has 0 saturated carbocycles. The highest BCUT2D eigenvalue weighted by Crippen LogP contribution is 2.16. The van der Waals surface area contributed by atoms with E-state index in [0.717, 1.165) is 0 Å². The van der Waals surface area contributed by atoms with Crippen molar-refractivity contribution in [3.05, 3.63) is 71.3 Å². The summed E-state index contributed by atoms with van der Waals surface area (Å²) in [6.07, 6.45) is -0.0120. The van der Waals surface area contributed by atoms with Crippen molar-refractivity contribution < 1.29 is 18.4 Å². The van der Waals surface area contributed by atoms with E-state index in [1.54, 1.807) is 25.1 Å². The highest BCUT2D eigenvalue weighted by molar-refractivity contribution is 5.88. The molecule has 0 spiro atoms. The van der Waals surface area contributed by atoms with E-state index in [4.69, 9.17) is 0 Å². The molecule has 28 heavy (non-hydrogen) atoms. The first-order chi connectivity index (χ1) is 13.1. The van der Waals surface area contributed by atoms with Crippen LogP contribution in [0.5, 0.6) is 0 Å². The molecule has 2 rings (SSSR count). The summed E-state index contributed by atoms with van der Waals surface area (Å²) in [6.45, 7) is 7.12. The van der Waals surface area contributed by atoms with Gasteiger partial charge in [-0.25, -0.2) is 8.78 Å². The lowest BCUT2D eigenvalue weighted by molar-refractivity contribution is -0.140. The van der Waals surface area contributed by atoms with Gasteiger partial charge >= 0.3 is 0 Å². The van der Waals surface area contributed by atoms with Crippen molar-refractivity contribution in [1.82, 2.24) is 10.2 Å². The zero-order valence-corrected chi connectivity index (χ0v) is 16.6. The minimum absolute atomic E-state index is 0.0120. The maximum absolute atomic E-state index is 14.1. The summed E-state index contributed by atoms with van der Waals surface area (Å²) < 4.78 is 27.3. The Hall–Kier alpha value is -2.76. The molecule has 2 aromatic carbocycles. The van der Waals surface area contributed by atoms with Crippen LogP contribution in [0.15, 0.2) is 48.5 Å². The summed E-state index contributed by atoms with van der Waals surface area (Å²) in [5, 5.41) is 2.85. The predicted molar refractivity (Wildman–Crippen MR) is 104 cm³/mol. The van der Waals surface area contributed by atoms with Gasteiger partial charge in [-0.15, -0.1) is 0 Å². The lowest BCUT2D eigenvalue weighted by Gasteiger charge is -2.31. The number of nitrogens with one attached hydrogen (secondary N) is 1. The zero-order chi connectivity index (χ0) is 20.9. The van der Waals surface area contributed by atoms with Crippen LogP contribution in [0, 0.1) is 11.6 Å². The highest BCUT2D eigenvalue weighted by Gasteiger charge is 2.28. The molecular weight excluding hydrogens is 362 g/mol. The van der Waals surface area contributed by atoms with Gasteiger partial charge in [-0.3, -0.25) is 9.59 Å². The van der Waals surface area contributed by atoms with Crippen molar-refractivity contribution in [3.63, 3.8) is 0 Å². The molecule has 0 aromatic heterocycles. The first kappa shape index (κ1) is 21.5. The maximum atomic E-state index is 14.1. The Morgan fingerprint density at radius 2 is 1.64 bits per heavy atom. The fraction of sp³-hybridized carbons (Fsp3) is 0.364. The molecule has 0 heterocycles. The number of rotatable bonds is 6. The number of benzene rings is 2. The van der Waals surface area contributed by atoms with Crippen LogP contribution in [0.25, 0.3) is 0 Å². The van der Waals surface area contributed by atoms with Gasteiger partial charge in [-0.1, -0.05) is 30.3 Å². The van der Waals surface area contributed by atoms with Crippen LogP contribution >= 0.6 is 0 Å². The number of hydrogen-bond donors (Lipinski definition) is 1. The number of carbonyl (C=O) groups is 2. The van der Waals surface area contributed by atoms with E-state index in [0.29, 0.717) is 11.1 Å². The molecule has 1 N–H and O–H groups in total. The van der Waals surface area contributed by atoms with E-state index in [1.807, 2.05) is 20.8 Å². The van der Waals surface area contributed by atoms with Gasteiger partial charge in [0.25, 0.3) is 0 Å². The second kappa shape index (κ2) is 8.95. The Balaban J connectivity index is 2.26. The standard InChI is InChI=1S/C22H26F2N2O2/c1-15(21(28)25-22(2,3)4)26(14-17-7-5-6-8-19(17)24)20(27)13-16-9-11-18(23)12-10-16/h5-12,15H,13-14H2,1-4H3,(H,25,28)/t15-/m0/s1. The number of halogens is 2. The van der Waals surface area contributed by atoms with Gasteiger partial charge in [-0.05, 0) is 51.5 Å². The van der Waals surface area contributed by atoms with Crippen LogP contribution in [-0.4, -0.2) is 28.3 Å². The van der Waals surface area contributed by atoms with Gasteiger partial charge in [0.2, 0.25) is 11.8 Å². The van der Waals surface area contributed by atoms with Crippen LogP contribution in [-0.2, 0) is 22.6 Å². The van der Waals surface area contributed by atoms with Gasteiger partial charge in [0, 0.05) is 17.6 Å². The Bertz CT molecular complexity index is 829. The molecule has 2 aromatic rings. The van der Waals surface area contributed by atoms with Gasteiger partial charge in [0.05, 0.1) is 6.42 Å². The summed E-state index contributed by atoms with van der Waals surface area (Å²) in [4.78, 5) is 26.9.